The van der Waals surface area contributed by atoms with Gasteiger partial charge in [0.25, 0.3) is 5.91 Å². The highest BCUT2D eigenvalue weighted by molar-refractivity contribution is 9.10. The van der Waals surface area contributed by atoms with E-state index < -0.39 is 11.9 Å². The first-order chi connectivity index (χ1) is 9.47. The Kier molecular flexibility index (Phi) is 4.05. The number of benzene rings is 2. The molecule has 2 aromatic rings. The van der Waals surface area contributed by atoms with Crippen molar-refractivity contribution in [3.63, 3.8) is 0 Å². The molecule has 0 spiro atoms. The molecule has 2 aromatic carbocycles. The molecule has 0 bridgehead atoms. The number of hydrogen-bond donors (Lipinski definition) is 3. The zero-order valence-corrected chi connectivity index (χ0v) is 11.7. The van der Waals surface area contributed by atoms with E-state index in [1.807, 2.05) is 0 Å². The molecular formula is C14H10BrNO4. The van der Waals surface area contributed by atoms with E-state index in [2.05, 4.69) is 21.2 Å². The number of carboxylic acids is 1. The van der Waals surface area contributed by atoms with Crippen LogP contribution in [0.4, 0.5) is 5.69 Å². The van der Waals surface area contributed by atoms with Crippen molar-refractivity contribution in [1.82, 2.24) is 0 Å². The van der Waals surface area contributed by atoms with Gasteiger partial charge in [-0.2, -0.15) is 0 Å². The van der Waals surface area contributed by atoms with Gasteiger partial charge in [0.1, 0.15) is 5.75 Å². The molecule has 6 heteroatoms. The fraction of sp³-hybridized carbons (Fsp3) is 0. The highest BCUT2D eigenvalue weighted by Gasteiger charge is 2.14. The smallest absolute Gasteiger partial charge is 0.337 e. The second-order valence-corrected chi connectivity index (χ2v) is 4.91. The molecule has 0 aliphatic carbocycles. The lowest BCUT2D eigenvalue weighted by atomic mass is 10.1. The molecule has 20 heavy (non-hydrogen) atoms. The molecule has 0 atom stereocenters. The molecule has 1 amide bonds. The van der Waals surface area contributed by atoms with Gasteiger partial charge in [-0.15, -0.1) is 0 Å². The number of rotatable bonds is 3. The zero-order chi connectivity index (χ0) is 14.7. The minimum Gasteiger partial charge on any atom is -0.508 e. The molecule has 0 radical (unpaired) electrons. The second kappa shape index (κ2) is 5.75. The van der Waals surface area contributed by atoms with Crippen LogP contribution in [-0.4, -0.2) is 22.1 Å². The van der Waals surface area contributed by atoms with Crippen molar-refractivity contribution >= 4 is 33.5 Å². The summed E-state index contributed by atoms with van der Waals surface area (Å²) in [4.78, 5) is 23.1. The number of carbonyl (C=O) groups is 2. The third kappa shape index (κ3) is 3.16. The van der Waals surface area contributed by atoms with Crippen LogP contribution in [0.15, 0.2) is 46.9 Å². The Hall–Kier alpha value is -2.34. The van der Waals surface area contributed by atoms with E-state index >= 15 is 0 Å². The van der Waals surface area contributed by atoms with Crippen LogP contribution in [0.3, 0.4) is 0 Å². The van der Waals surface area contributed by atoms with Gasteiger partial charge < -0.3 is 15.5 Å². The van der Waals surface area contributed by atoms with Gasteiger partial charge in [-0.1, -0.05) is 15.9 Å². The van der Waals surface area contributed by atoms with Gasteiger partial charge in [-0.3, -0.25) is 4.79 Å². The Bertz CT molecular complexity index is 667. The standard InChI is InChI=1S/C14H10BrNO4/c15-9-3-6-11(14(19)20)12(7-9)16-13(18)8-1-4-10(17)5-2-8/h1-7,17H,(H,16,18)(H,19,20). The van der Waals surface area contributed by atoms with Crippen molar-refractivity contribution in [3.8, 4) is 5.75 Å². The van der Waals surface area contributed by atoms with Crippen LogP contribution in [0.2, 0.25) is 0 Å². The number of nitrogens with one attached hydrogen (secondary N) is 1. The molecule has 0 aliphatic heterocycles. The summed E-state index contributed by atoms with van der Waals surface area (Å²) in [5.41, 5.74) is 0.518. The van der Waals surface area contributed by atoms with Crippen molar-refractivity contribution < 1.29 is 19.8 Å². The number of carbonyl (C=O) groups excluding carboxylic acids is 1. The molecule has 0 saturated heterocycles. The van der Waals surface area contributed by atoms with Crippen LogP contribution in [0, 0.1) is 0 Å². The van der Waals surface area contributed by atoms with Crippen molar-refractivity contribution in [1.29, 1.82) is 0 Å². The lowest BCUT2D eigenvalue weighted by Crippen LogP contribution is -2.14. The third-order valence-corrected chi connectivity index (χ3v) is 3.08. The summed E-state index contributed by atoms with van der Waals surface area (Å²) in [6.07, 6.45) is 0. The van der Waals surface area contributed by atoms with E-state index in [1.54, 1.807) is 6.07 Å². The topological polar surface area (TPSA) is 86.6 Å². The molecular weight excluding hydrogens is 326 g/mol. The van der Waals surface area contributed by atoms with Crippen molar-refractivity contribution in [2.24, 2.45) is 0 Å². The Morgan fingerprint density at radius 1 is 1.05 bits per heavy atom. The summed E-state index contributed by atoms with van der Waals surface area (Å²) >= 11 is 3.22. The van der Waals surface area contributed by atoms with E-state index in [4.69, 9.17) is 10.2 Å². The maximum absolute atomic E-state index is 12.0. The Morgan fingerprint density at radius 2 is 1.70 bits per heavy atom. The minimum atomic E-state index is -1.13. The summed E-state index contributed by atoms with van der Waals surface area (Å²) in [7, 11) is 0. The number of hydrogen-bond acceptors (Lipinski definition) is 3. The van der Waals surface area contributed by atoms with Gasteiger partial charge in [0.05, 0.1) is 11.3 Å². The molecule has 0 unspecified atom stereocenters. The van der Waals surface area contributed by atoms with Crippen molar-refractivity contribution in [3.05, 3.63) is 58.1 Å². The highest BCUT2D eigenvalue weighted by Crippen LogP contribution is 2.22. The first-order valence-corrected chi connectivity index (χ1v) is 6.40. The van der Waals surface area contributed by atoms with Crippen LogP contribution < -0.4 is 5.32 Å². The molecule has 0 aliphatic rings. The summed E-state index contributed by atoms with van der Waals surface area (Å²) in [6.45, 7) is 0. The number of aromatic carboxylic acids is 1. The van der Waals surface area contributed by atoms with Crippen LogP contribution in [0.5, 0.6) is 5.75 Å². The number of halogens is 1. The second-order valence-electron chi connectivity index (χ2n) is 4.00. The van der Waals surface area contributed by atoms with E-state index in [9.17, 15) is 9.59 Å². The van der Waals surface area contributed by atoms with Gasteiger partial charge in [-0.05, 0) is 42.5 Å². The van der Waals surface area contributed by atoms with Crippen molar-refractivity contribution in [2.45, 2.75) is 0 Å². The Balaban J connectivity index is 2.29. The molecule has 102 valence electrons. The molecule has 0 fully saturated rings. The minimum absolute atomic E-state index is 0.000304. The van der Waals surface area contributed by atoms with Crippen molar-refractivity contribution in [2.75, 3.05) is 5.32 Å². The van der Waals surface area contributed by atoms with Gasteiger partial charge in [-0.25, -0.2) is 4.79 Å². The van der Waals surface area contributed by atoms with Crippen LogP contribution in [0.25, 0.3) is 0 Å². The van der Waals surface area contributed by atoms with E-state index in [1.165, 1.54) is 36.4 Å². The lowest BCUT2D eigenvalue weighted by Gasteiger charge is -2.09. The maximum atomic E-state index is 12.0. The van der Waals surface area contributed by atoms with E-state index in [0.29, 0.717) is 10.0 Å². The molecule has 5 nitrogen and oxygen atoms in total. The number of carboxylic acid groups (broad SMARTS) is 1. The first kappa shape index (κ1) is 14.1. The largest absolute Gasteiger partial charge is 0.508 e. The van der Waals surface area contributed by atoms with Gasteiger partial charge in [0.15, 0.2) is 0 Å². The number of phenols is 1. The average molecular weight is 336 g/mol. The monoisotopic (exact) mass is 335 g/mol. The predicted molar refractivity (Wildman–Crippen MR) is 77.2 cm³/mol. The Labute approximate surface area is 123 Å². The molecule has 0 saturated carbocycles. The molecule has 0 aromatic heterocycles. The zero-order valence-electron chi connectivity index (χ0n) is 10.1. The summed E-state index contributed by atoms with van der Waals surface area (Å²) in [6, 6.07) is 10.2. The number of aromatic hydroxyl groups is 1. The number of phenolic OH excluding ortho intramolecular Hbond substituents is 1. The Morgan fingerprint density at radius 3 is 2.30 bits per heavy atom. The number of amides is 1. The summed E-state index contributed by atoms with van der Waals surface area (Å²) in [5.74, 6) is -1.53. The average Bonchev–Trinajstić information content (AvgIpc) is 2.39. The normalized spacial score (nSPS) is 10.1. The molecule has 0 heterocycles. The van der Waals surface area contributed by atoms with Gasteiger partial charge in [0.2, 0.25) is 0 Å². The van der Waals surface area contributed by atoms with E-state index in [-0.39, 0.29) is 17.0 Å². The quantitative estimate of drug-likeness (QED) is 0.804. The van der Waals surface area contributed by atoms with Gasteiger partial charge in [0, 0.05) is 10.0 Å². The van der Waals surface area contributed by atoms with Crippen LogP contribution in [-0.2, 0) is 0 Å². The van der Waals surface area contributed by atoms with Crippen LogP contribution >= 0.6 is 15.9 Å². The fourth-order valence-electron chi connectivity index (χ4n) is 1.61. The van der Waals surface area contributed by atoms with E-state index in [0.717, 1.165) is 0 Å². The number of anilines is 1. The van der Waals surface area contributed by atoms with Crippen LogP contribution in [0.1, 0.15) is 20.7 Å². The third-order valence-electron chi connectivity index (χ3n) is 2.59. The maximum Gasteiger partial charge on any atom is 0.337 e. The molecule has 3 N–H and O–H groups in total. The molecule has 2 rings (SSSR count). The summed E-state index contributed by atoms with van der Waals surface area (Å²) < 4.78 is 0.656. The summed E-state index contributed by atoms with van der Waals surface area (Å²) in [5, 5.41) is 20.8. The highest BCUT2D eigenvalue weighted by atomic mass is 79.9. The SMILES string of the molecule is O=C(Nc1cc(Br)ccc1C(=O)O)c1ccc(O)cc1. The van der Waals surface area contributed by atoms with Gasteiger partial charge >= 0.3 is 5.97 Å². The predicted octanol–water partition coefficient (Wildman–Crippen LogP) is 3.11. The fourth-order valence-corrected chi connectivity index (χ4v) is 1.97. The first-order valence-electron chi connectivity index (χ1n) is 5.60. The lowest BCUT2D eigenvalue weighted by molar-refractivity contribution is 0.0698.